The summed E-state index contributed by atoms with van der Waals surface area (Å²) in [6, 6.07) is 4.40. The van der Waals surface area contributed by atoms with Crippen molar-refractivity contribution in [3.8, 4) is 17.2 Å². The fraction of sp³-hybridized carbons (Fsp3) is 0.600. The van der Waals surface area contributed by atoms with Crippen molar-refractivity contribution in [1.82, 2.24) is 5.32 Å². The first kappa shape index (κ1) is 15.6. The molecule has 19 heavy (non-hydrogen) atoms. The number of hydrogen-bond acceptors (Lipinski definition) is 4. The molecule has 1 aromatic rings. The lowest BCUT2D eigenvalue weighted by Crippen LogP contribution is -2.25. The van der Waals surface area contributed by atoms with Gasteiger partial charge in [-0.25, -0.2) is 0 Å². The Kier molecular flexibility index (Phi) is 6.50. The molecule has 0 saturated carbocycles. The van der Waals surface area contributed by atoms with Crippen molar-refractivity contribution >= 4 is 0 Å². The number of rotatable bonds is 8. The van der Waals surface area contributed by atoms with E-state index in [-0.39, 0.29) is 0 Å². The molecular formula is C15H25NO3. The van der Waals surface area contributed by atoms with Gasteiger partial charge in [0.2, 0.25) is 5.75 Å². The summed E-state index contributed by atoms with van der Waals surface area (Å²) >= 11 is 0. The minimum Gasteiger partial charge on any atom is -0.493 e. The van der Waals surface area contributed by atoms with Crippen molar-refractivity contribution in [1.29, 1.82) is 0 Å². The lowest BCUT2D eigenvalue weighted by Gasteiger charge is -2.18. The van der Waals surface area contributed by atoms with Crippen molar-refractivity contribution in [3.63, 3.8) is 0 Å². The third kappa shape index (κ3) is 4.03. The second-order valence-electron chi connectivity index (χ2n) is 4.56. The molecule has 1 atom stereocenters. The molecule has 4 heteroatoms. The van der Waals surface area contributed by atoms with Crippen LogP contribution < -0.4 is 19.5 Å². The van der Waals surface area contributed by atoms with Gasteiger partial charge < -0.3 is 19.5 Å². The van der Waals surface area contributed by atoms with Gasteiger partial charge in [-0.2, -0.15) is 0 Å². The van der Waals surface area contributed by atoms with E-state index in [2.05, 4.69) is 19.2 Å². The minimum atomic E-state index is 0.489. The predicted molar refractivity (Wildman–Crippen MR) is 77.3 cm³/mol. The molecular weight excluding hydrogens is 242 g/mol. The number of benzene rings is 1. The Morgan fingerprint density at radius 1 is 1.05 bits per heavy atom. The Balaban J connectivity index is 2.89. The molecule has 0 saturated heterocycles. The zero-order chi connectivity index (χ0) is 14.3. The molecule has 0 aliphatic carbocycles. The normalized spacial score (nSPS) is 12.1. The summed E-state index contributed by atoms with van der Waals surface area (Å²) in [5.74, 6) is 2.06. The number of hydrogen-bond donors (Lipinski definition) is 1. The maximum Gasteiger partial charge on any atom is 0.203 e. The third-order valence-corrected chi connectivity index (χ3v) is 3.15. The van der Waals surface area contributed by atoms with Crippen LogP contribution in [0.1, 0.15) is 32.3 Å². The highest BCUT2D eigenvalue weighted by molar-refractivity contribution is 5.55. The molecule has 0 heterocycles. The number of nitrogens with one attached hydrogen (secondary N) is 1. The van der Waals surface area contributed by atoms with Crippen LogP contribution in [0.4, 0.5) is 0 Å². The standard InChI is InChI=1S/C15H25NO3/c1-6-7-11(2)16-10-12-8-9-13(17-3)15(19-5)14(12)18-4/h8-9,11,16H,6-7,10H2,1-5H3. The molecule has 0 spiro atoms. The van der Waals surface area contributed by atoms with Crippen molar-refractivity contribution in [2.75, 3.05) is 21.3 Å². The maximum absolute atomic E-state index is 5.46. The van der Waals surface area contributed by atoms with E-state index in [0.717, 1.165) is 24.3 Å². The Labute approximate surface area is 116 Å². The van der Waals surface area contributed by atoms with Crippen LogP contribution in [0, 0.1) is 0 Å². The van der Waals surface area contributed by atoms with Gasteiger partial charge in [0.05, 0.1) is 21.3 Å². The molecule has 1 rings (SSSR count). The average molecular weight is 267 g/mol. The van der Waals surface area contributed by atoms with Crippen LogP contribution in [-0.4, -0.2) is 27.4 Å². The van der Waals surface area contributed by atoms with Gasteiger partial charge in [-0.3, -0.25) is 0 Å². The second-order valence-corrected chi connectivity index (χ2v) is 4.56. The lowest BCUT2D eigenvalue weighted by molar-refractivity contribution is 0.321. The first-order chi connectivity index (χ1) is 9.17. The zero-order valence-corrected chi connectivity index (χ0v) is 12.6. The molecule has 108 valence electrons. The van der Waals surface area contributed by atoms with Crippen LogP contribution in [-0.2, 0) is 6.54 Å². The van der Waals surface area contributed by atoms with Crippen LogP contribution >= 0.6 is 0 Å². The van der Waals surface area contributed by atoms with E-state index in [4.69, 9.17) is 14.2 Å². The summed E-state index contributed by atoms with van der Waals surface area (Å²) < 4.78 is 16.1. The summed E-state index contributed by atoms with van der Waals surface area (Å²) in [6.45, 7) is 5.14. The summed E-state index contributed by atoms with van der Waals surface area (Å²) in [6.07, 6.45) is 2.34. The Bertz CT molecular complexity index is 393. The van der Waals surface area contributed by atoms with Crippen LogP contribution in [0.2, 0.25) is 0 Å². The highest BCUT2D eigenvalue weighted by Crippen LogP contribution is 2.39. The highest BCUT2D eigenvalue weighted by Gasteiger charge is 2.15. The van der Waals surface area contributed by atoms with Gasteiger partial charge in [-0.05, 0) is 19.4 Å². The highest BCUT2D eigenvalue weighted by atomic mass is 16.5. The van der Waals surface area contributed by atoms with Crippen molar-refractivity contribution in [2.45, 2.75) is 39.3 Å². The van der Waals surface area contributed by atoms with E-state index in [1.54, 1.807) is 21.3 Å². The van der Waals surface area contributed by atoms with E-state index < -0.39 is 0 Å². The molecule has 4 nitrogen and oxygen atoms in total. The SMILES string of the molecule is CCCC(C)NCc1ccc(OC)c(OC)c1OC. The van der Waals surface area contributed by atoms with Crippen LogP contribution in [0.5, 0.6) is 17.2 Å². The van der Waals surface area contributed by atoms with Gasteiger partial charge >= 0.3 is 0 Å². The van der Waals surface area contributed by atoms with E-state index in [0.29, 0.717) is 17.5 Å². The van der Waals surface area contributed by atoms with Crippen LogP contribution in [0.15, 0.2) is 12.1 Å². The Morgan fingerprint density at radius 3 is 2.26 bits per heavy atom. The zero-order valence-electron chi connectivity index (χ0n) is 12.6. The lowest BCUT2D eigenvalue weighted by atomic mass is 10.1. The molecule has 0 amide bonds. The van der Waals surface area contributed by atoms with Gasteiger partial charge in [0, 0.05) is 18.2 Å². The monoisotopic (exact) mass is 267 g/mol. The van der Waals surface area contributed by atoms with Gasteiger partial charge in [0.15, 0.2) is 11.5 Å². The fourth-order valence-corrected chi connectivity index (χ4v) is 2.12. The largest absolute Gasteiger partial charge is 0.493 e. The first-order valence-electron chi connectivity index (χ1n) is 6.69. The van der Waals surface area contributed by atoms with Gasteiger partial charge in [-0.15, -0.1) is 0 Å². The fourth-order valence-electron chi connectivity index (χ4n) is 2.12. The first-order valence-corrected chi connectivity index (χ1v) is 6.69. The topological polar surface area (TPSA) is 39.7 Å². The van der Waals surface area contributed by atoms with E-state index in [9.17, 15) is 0 Å². The molecule has 0 aliphatic rings. The minimum absolute atomic E-state index is 0.489. The number of methoxy groups -OCH3 is 3. The Hall–Kier alpha value is -1.42. The van der Waals surface area contributed by atoms with Crippen molar-refractivity contribution < 1.29 is 14.2 Å². The van der Waals surface area contributed by atoms with E-state index in [1.807, 2.05) is 12.1 Å². The molecule has 1 unspecified atom stereocenters. The molecule has 0 bridgehead atoms. The van der Waals surface area contributed by atoms with Crippen molar-refractivity contribution in [2.24, 2.45) is 0 Å². The predicted octanol–water partition coefficient (Wildman–Crippen LogP) is 2.99. The molecule has 0 fully saturated rings. The van der Waals surface area contributed by atoms with Gasteiger partial charge in [-0.1, -0.05) is 19.4 Å². The molecule has 0 aliphatic heterocycles. The second kappa shape index (κ2) is 7.89. The summed E-state index contributed by atoms with van der Waals surface area (Å²) in [4.78, 5) is 0. The Morgan fingerprint density at radius 2 is 1.74 bits per heavy atom. The summed E-state index contributed by atoms with van der Waals surface area (Å²) in [5, 5.41) is 3.49. The third-order valence-electron chi connectivity index (χ3n) is 3.15. The van der Waals surface area contributed by atoms with Crippen molar-refractivity contribution in [3.05, 3.63) is 17.7 Å². The molecule has 0 radical (unpaired) electrons. The van der Waals surface area contributed by atoms with Gasteiger partial charge in [0.25, 0.3) is 0 Å². The molecule has 0 aromatic heterocycles. The smallest absolute Gasteiger partial charge is 0.203 e. The number of ether oxygens (including phenoxy) is 3. The summed E-state index contributed by atoms with van der Waals surface area (Å²) in [5.41, 5.74) is 1.07. The molecule has 1 aromatic carbocycles. The van der Waals surface area contributed by atoms with Gasteiger partial charge in [0.1, 0.15) is 0 Å². The van der Waals surface area contributed by atoms with E-state index >= 15 is 0 Å². The van der Waals surface area contributed by atoms with Crippen LogP contribution in [0.3, 0.4) is 0 Å². The molecule has 1 N–H and O–H groups in total. The quantitative estimate of drug-likeness (QED) is 0.786. The maximum atomic E-state index is 5.46. The van der Waals surface area contributed by atoms with Crippen LogP contribution in [0.25, 0.3) is 0 Å². The van der Waals surface area contributed by atoms with E-state index in [1.165, 1.54) is 6.42 Å². The summed E-state index contributed by atoms with van der Waals surface area (Å²) in [7, 11) is 4.89. The average Bonchev–Trinajstić information content (AvgIpc) is 2.43.